The molecule has 0 bridgehead atoms. The van der Waals surface area contributed by atoms with Crippen molar-refractivity contribution in [1.82, 2.24) is 19.5 Å². The average Bonchev–Trinajstić information content (AvgIpc) is 3.28. The highest BCUT2D eigenvalue weighted by molar-refractivity contribution is 6.31. The summed E-state index contributed by atoms with van der Waals surface area (Å²) in [5, 5.41) is 43.6. The number of non-ortho nitro benzene ring substituents is 1. The van der Waals surface area contributed by atoms with E-state index in [0.29, 0.717) is 22.5 Å². The lowest BCUT2D eigenvalue weighted by molar-refractivity contribution is -0.384. The van der Waals surface area contributed by atoms with Crippen molar-refractivity contribution in [2.24, 2.45) is 0 Å². The topological polar surface area (TPSA) is 169 Å². The Labute approximate surface area is 173 Å². The first-order valence-electron chi connectivity index (χ1n) is 8.87. The van der Waals surface area contributed by atoms with Gasteiger partial charge in [-0.25, -0.2) is 15.0 Å². The van der Waals surface area contributed by atoms with Crippen molar-refractivity contribution in [2.75, 3.05) is 11.9 Å². The summed E-state index contributed by atoms with van der Waals surface area (Å²) in [5.74, 6) is 0.375. The molecule has 0 radical (unpaired) electrons. The van der Waals surface area contributed by atoms with Crippen LogP contribution in [-0.4, -0.2) is 64.7 Å². The number of halogens is 1. The molecule has 1 aliphatic rings. The molecule has 0 unspecified atom stereocenters. The third-order valence-corrected chi connectivity index (χ3v) is 5.20. The highest BCUT2D eigenvalue weighted by Gasteiger charge is 2.44. The Hall–Kier alpha value is -2.90. The highest BCUT2D eigenvalue weighted by Crippen LogP contribution is 2.32. The van der Waals surface area contributed by atoms with Gasteiger partial charge >= 0.3 is 0 Å². The van der Waals surface area contributed by atoms with Crippen LogP contribution >= 0.6 is 11.6 Å². The van der Waals surface area contributed by atoms with E-state index in [-0.39, 0.29) is 17.3 Å². The Morgan fingerprint density at radius 2 is 2.07 bits per heavy atom. The van der Waals surface area contributed by atoms with Crippen LogP contribution in [0.15, 0.2) is 30.9 Å². The Morgan fingerprint density at radius 3 is 2.73 bits per heavy atom. The summed E-state index contributed by atoms with van der Waals surface area (Å²) in [5.41, 5.74) is 1.24. The Kier molecular flexibility index (Phi) is 5.49. The van der Waals surface area contributed by atoms with Gasteiger partial charge in [0.25, 0.3) is 5.69 Å². The summed E-state index contributed by atoms with van der Waals surface area (Å²) < 4.78 is 6.97. The summed E-state index contributed by atoms with van der Waals surface area (Å²) in [7, 11) is 0. The lowest BCUT2D eigenvalue weighted by Gasteiger charge is -2.16. The van der Waals surface area contributed by atoms with Crippen LogP contribution in [0.2, 0.25) is 5.02 Å². The van der Waals surface area contributed by atoms with E-state index in [2.05, 4.69) is 20.3 Å². The molecule has 0 amide bonds. The molecule has 4 atom stereocenters. The number of nitro groups is 1. The van der Waals surface area contributed by atoms with Gasteiger partial charge in [0.15, 0.2) is 23.2 Å². The summed E-state index contributed by atoms with van der Waals surface area (Å²) in [4.78, 5) is 22.9. The van der Waals surface area contributed by atoms with Crippen molar-refractivity contribution < 1.29 is 25.0 Å². The van der Waals surface area contributed by atoms with Crippen molar-refractivity contribution in [3.8, 4) is 0 Å². The molecule has 13 heteroatoms. The lowest BCUT2D eigenvalue weighted by atomic mass is 10.1. The number of benzene rings is 1. The molecular weight excluding hydrogens is 420 g/mol. The number of hydrogen-bond donors (Lipinski definition) is 4. The van der Waals surface area contributed by atoms with Crippen molar-refractivity contribution in [2.45, 2.75) is 31.1 Å². The Balaban J connectivity index is 1.58. The van der Waals surface area contributed by atoms with Crippen LogP contribution in [0.3, 0.4) is 0 Å². The third kappa shape index (κ3) is 3.55. The number of fused-ring (bicyclic) bond motifs is 1. The molecule has 1 aromatic carbocycles. The van der Waals surface area contributed by atoms with E-state index in [4.69, 9.17) is 16.3 Å². The minimum absolute atomic E-state index is 0.106. The van der Waals surface area contributed by atoms with Gasteiger partial charge in [0.1, 0.15) is 24.6 Å². The van der Waals surface area contributed by atoms with Gasteiger partial charge < -0.3 is 25.4 Å². The van der Waals surface area contributed by atoms with E-state index < -0.39 is 36.1 Å². The number of ether oxygens (including phenoxy) is 1. The Morgan fingerprint density at radius 1 is 1.27 bits per heavy atom. The number of nitrogens with one attached hydrogen (secondary N) is 1. The number of aliphatic hydroxyl groups is 3. The van der Waals surface area contributed by atoms with Crippen molar-refractivity contribution in [1.29, 1.82) is 0 Å². The summed E-state index contributed by atoms with van der Waals surface area (Å²) in [6.45, 7) is -0.219. The number of hydrogen-bond acceptors (Lipinski definition) is 10. The van der Waals surface area contributed by atoms with Crippen molar-refractivity contribution >= 4 is 34.3 Å². The molecule has 1 fully saturated rings. The minimum Gasteiger partial charge on any atom is -0.394 e. The van der Waals surface area contributed by atoms with Crippen LogP contribution in [0.1, 0.15) is 11.8 Å². The van der Waals surface area contributed by atoms with Crippen LogP contribution in [0.5, 0.6) is 0 Å². The second-order valence-corrected chi connectivity index (χ2v) is 7.07. The van der Waals surface area contributed by atoms with Gasteiger partial charge in [-0.1, -0.05) is 11.6 Å². The number of imidazole rings is 1. The van der Waals surface area contributed by atoms with E-state index >= 15 is 0 Å². The molecule has 4 rings (SSSR count). The summed E-state index contributed by atoms with van der Waals surface area (Å²) in [6.07, 6.45) is -1.74. The number of aliphatic hydroxyl groups excluding tert-OH is 3. The van der Waals surface area contributed by atoms with E-state index in [1.54, 1.807) is 6.07 Å². The molecule has 0 aliphatic carbocycles. The van der Waals surface area contributed by atoms with Crippen LogP contribution in [0, 0.1) is 10.1 Å². The molecule has 30 heavy (non-hydrogen) atoms. The predicted octanol–water partition coefficient (Wildman–Crippen LogP) is 0.611. The van der Waals surface area contributed by atoms with Crippen LogP contribution in [-0.2, 0) is 11.3 Å². The zero-order chi connectivity index (χ0) is 21.4. The van der Waals surface area contributed by atoms with Crippen molar-refractivity contribution in [3.63, 3.8) is 0 Å². The van der Waals surface area contributed by atoms with Gasteiger partial charge in [0, 0.05) is 18.7 Å². The maximum atomic E-state index is 10.8. The Bertz CT molecular complexity index is 1090. The van der Waals surface area contributed by atoms with E-state index in [1.807, 2.05) is 0 Å². The first-order valence-corrected chi connectivity index (χ1v) is 9.25. The normalized spacial score (nSPS) is 23.7. The van der Waals surface area contributed by atoms with Gasteiger partial charge in [0.2, 0.25) is 0 Å². The third-order valence-electron chi connectivity index (χ3n) is 4.84. The largest absolute Gasteiger partial charge is 0.394 e. The second kappa shape index (κ2) is 8.08. The molecule has 0 spiro atoms. The zero-order valence-electron chi connectivity index (χ0n) is 15.3. The molecule has 2 aromatic heterocycles. The number of anilines is 1. The van der Waals surface area contributed by atoms with Gasteiger partial charge in [0.05, 0.1) is 22.9 Å². The molecule has 1 aliphatic heterocycles. The molecule has 3 aromatic rings. The highest BCUT2D eigenvalue weighted by atomic mass is 35.5. The van der Waals surface area contributed by atoms with Crippen LogP contribution in [0.4, 0.5) is 11.5 Å². The zero-order valence-corrected chi connectivity index (χ0v) is 16.0. The summed E-state index contributed by atoms with van der Waals surface area (Å²) in [6, 6.07) is 4.17. The smallest absolute Gasteiger partial charge is 0.270 e. The van der Waals surface area contributed by atoms with Crippen LogP contribution < -0.4 is 5.32 Å². The SMILES string of the molecule is O=[N+]([O-])c1ccc(CNc2ncnc3c2ncn3[C@@H]2O[C@H](CO)[C@@H](O)[C@H]2O)c(Cl)c1. The first kappa shape index (κ1) is 20.4. The second-order valence-electron chi connectivity index (χ2n) is 6.66. The van der Waals surface area contributed by atoms with Gasteiger partial charge in [-0.05, 0) is 11.6 Å². The van der Waals surface area contributed by atoms with Crippen LogP contribution in [0.25, 0.3) is 11.2 Å². The maximum Gasteiger partial charge on any atom is 0.270 e. The fraction of sp³-hybridized carbons (Fsp3) is 0.353. The van der Waals surface area contributed by atoms with E-state index in [1.165, 1.54) is 29.4 Å². The molecule has 158 valence electrons. The minimum atomic E-state index is -1.27. The number of nitrogens with zero attached hydrogens (tertiary/aromatic N) is 5. The molecule has 4 N–H and O–H groups in total. The standard InChI is InChI=1S/C17H17ClN6O6/c18-10-3-9(24(28)29)2-1-8(10)4-19-15-12-16(21-6-20-15)23(7-22-12)17-14(27)13(26)11(5-25)30-17/h1-3,6-7,11,13-14,17,25-27H,4-5H2,(H,19,20,21)/t11-,13-,14-,17-/m1/s1. The number of aromatic nitrogens is 4. The molecule has 0 saturated carbocycles. The van der Waals surface area contributed by atoms with Gasteiger partial charge in [-0.3, -0.25) is 14.7 Å². The summed E-state index contributed by atoms with van der Waals surface area (Å²) >= 11 is 6.12. The average molecular weight is 437 g/mol. The maximum absolute atomic E-state index is 10.8. The van der Waals surface area contributed by atoms with E-state index in [0.717, 1.165) is 0 Å². The van der Waals surface area contributed by atoms with Gasteiger partial charge in [-0.15, -0.1) is 0 Å². The molecule has 1 saturated heterocycles. The molecule has 3 heterocycles. The monoisotopic (exact) mass is 436 g/mol. The van der Waals surface area contributed by atoms with Crippen molar-refractivity contribution in [3.05, 3.63) is 51.6 Å². The fourth-order valence-corrected chi connectivity index (χ4v) is 3.49. The fourth-order valence-electron chi connectivity index (χ4n) is 3.25. The quantitative estimate of drug-likeness (QED) is 0.317. The number of rotatable bonds is 6. The first-order chi connectivity index (χ1) is 14.4. The predicted molar refractivity (Wildman–Crippen MR) is 104 cm³/mol. The molecular formula is C17H17ClN6O6. The number of nitro benzene ring substituents is 1. The molecule has 12 nitrogen and oxygen atoms in total. The lowest BCUT2D eigenvalue weighted by Crippen LogP contribution is -2.33. The van der Waals surface area contributed by atoms with E-state index in [9.17, 15) is 25.4 Å². The van der Waals surface area contributed by atoms with Gasteiger partial charge in [-0.2, -0.15) is 0 Å².